The van der Waals surface area contributed by atoms with Crippen molar-refractivity contribution in [3.63, 3.8) is 0 Å². The third-order valence-electron chi connectivity index (χ3n) is 2.60. The van der Waals surface area contributed by atoms with Gasteiger partial charge < -0.3 is 14.8 Å². The van der Waals surface area contributed by atoms with Crippen molar-refractivity contribution in [3.05, 3.63) is 29.6 Å². The van der Waals surface area contributed by atoms with E-state index in [-0.39, 0.29) is 11.3 Å². The van der Waals surface area contributed by atoms with E-state index in [1.165, 1.54) is 19.2 Å². The standard InChI is InChI=1S/C11H10F3NO3/c1-17-7-4-2-3-6(12)8(7)9-11(13,14)5-18-10(16)15-9/h2-4,9H,5H2,1H3,(H,15,16)/t9-/m1/s1. The summed E-state index contributed by atoms with van der Waals surface area (Å²) in [6.45, 7) is -1.10. The zero-order valence-corrected chi connectivity index (χ0v) is 9.38. The van der Waals surface area contributed by atoms with E-state index in [0.717, 1.165) is 6.07 Å². The number of hydrogen-bond donors (Lipinski definition) is 1. The van der Waals surface area contributed by atoms with Gasteiger partial charge in [0.25, 0.3) is 0 Å². The van der Waals surface area contributed by atoms with E-state index in [1.54, 1.807) is 0 Å². The molecule has 1 saturated heterocycles. The minimum Gasteiger partial charge on any atom is -0.496 e. The average molecular weight is 261 g/mol. The van der Waals surface area contributed by atoms with Gasteiger partial charge in [-0.3, -0.25) is 0 Å². The van der Waals surface area contributed by atoms with Gasteiger partial charge in [0, 0.05) is 0 Å². The first-order chi connectivity index (χ1) is 8.45. The zero-order chi connectivity index (χ0) is 13.3. The van der Waals surface area contributed by atoms with Gasteiger partial charge in [0.15, 0.2) is 6.61 Å². The Kier molecular flexibility index (Phi) is 3.06. The van der Waals surface area contributed by atoms with Crippen LogP contribution in [0.25, 0.3) is 0 Å². The monoisotopic (exact) mass is 261 g/mol. The van der Waals surface area contributed by atoms with Gasteiger partial charge >= 0.3 is 12.0 Å². The molecule has 1 aliphatic rings. The summed E-state index contributed by atoms with van der Waals surface area (Å²) in [6.07, 6.45) is -1.02. The smallest absolute Gasteiger partial charge is 0.408 e. The molecule has 0 spiro atoms. The van der Waals surface area contributed by atoms with Crippen molar-refractivity contribution in [2.45, 2.75) is 12.0 Å². The van der Waals surface area contributed by atoms with E-state index in [4.69, 9.17) is 4.74 Å². The number of carbonyl (C=O) groups is 1. The number of alkyl halides is 2. The number of rotatable bonds is 2. The zero-order valence-electron chi connectivity index (χ0n) is 9.38. The Bertz CT molecular complexity index is 479. The summed E-state index contributed by atoms with van der Waals surface area (Å²) >= 11 is 0. The molecule has 0 radical (unpaired) electrons. The summed E-state index contributed by atoms with van der Waals surface area (Å²) in [7, 11) is 1.23. The van der Waals surface area contributed by atoms with Crippen molar-refractivity contribution >= 4 is 6.09 Å². The fraction of sp³-hybridized carbons (Fsp3) is 0.364. The molecular weight excluding hydrogens is 251 g/mol. The second kappa shape index (κ2) is 4.40. The van der Waals surface area contributed by atoms with Gasteiger partial charge in [0.2, 0.25) is 0 Å². The molecule has 1 aliphatic heterocycles. The van der Waals surface area contributed by atoms with Crippen LogP contribution in [0.3, 0.4) is 0 Å². The number of nitrogens with one attached hydrogen (secondary N) is 1. The SMILES string of the molecule is COc1cccc(F)c1[C@H]1NC(=O)OCC1(F)F. The molecule has 0 aromatic heterocycles. The number of methoxy groups -OCH3 is 1. The average Bonchev–Trinajstić information content (AvgIpc) is 2.32. The van der Waals surface area contributed by atoms with E-state index in [9.17, 15) is 18.0 Å². The van der Waals surface area contributed by atoms with Crippen LogP contribution in [0.2, 0.25) is 0 Å². The third-order valence-corrected chi connectivity index (χ3v) is 2.60. The minimum absolute atomic E-state index is 0.0538. The molecule has 4 nitrogen and oxygen atoms in total. The van der Waals surface area contributed by atoms with Crippen LogP contribution in [0.5, 0.6) is 5.75 Å². The van der Waals surface area contributed by atoms with Crippen molar-refractivity contribution in [2.24, 2.45) is 0 Å². The first kappa shape index (κ1) is 12.5. The molecule has 1 aromatic rings. The Balaban J connectivity index is 2.49. The van der Waals surface area contributed by atoms with Crippen molar-refractivity contribution in [1.29, 1.82) is 0 Å². The van der Waals surface area contributed by atoms with E-state index in [2.05, 4.69) is 4.74 Å². The summed E-state index contributed by atoms with van der Waals surface area (Å²) in [5.74, 6) is -4.34. The molecule has 7 heteroatoms. The molecule has 1 amide bonds. The van der Waals surface area contributed by atoms with Crippen molar-refractivity contribution in [2.75, 3.05) is 13.7 Å². The van der Waals surface area contributed by atoms with E-state index < -0.39 is 30.5 Å². The van der Waals surface area contributed by atoms with Crippen LogP contribution in [-0.4, -0.2) is 25.7 Å². The van der Waals surface area contributed by atoms with Gasteiger partial charge in [-0.05, 0) is 12.1 Å². The van der Waals surface area contributed by atoms with E-state index in [1.807, 2.05) is 5.32 Å². The van der Waals surface area contributed by atoms with Gasteiger partial charge in [0.1, 0.15) is 17.6 Å². The van der Waals surface area contributed by atoms with E-state index >= 15 is 0 Å². The van der Waals surface area contributed by atoms with Crippen molar-refractivity contribution in [1.82, 2.24) is 5.32 Å². The predicted molar refractivity (Wildman–Crippen MR) is 55.1 cm³/mol. The normalized spacial score (nSPS) is 22.0. The number of cyclic esters (lactones) is 1. The Hall–Kier alpha value is -1.92. The predicted octanol–water partition coefficient (Wildman–Crippen LogP) is 2.25. The van der Waals surface area contributed by atoms with Crippen LogP contribution in [0.1, 0.15) is 11.6 Å². The fourth-order valence-corrected chi connectivity index (χ4v) is 1.77. The van der Waals surface area contributed by atoms with Crippen LogP contribution in [0.4, 0.5) is 18.0 Å². The highest BCUT2D eigenvalue weighted by Gasteiger charge is 2.49. The molecule has 1 heterocycles. The maximum atomic E-state index is 13.7. The third kappa shape index (κ3) is 2.07. The summed E-state index contributed by atoms with van der Waals surface area (Å²) < 4.78 is 50.0. The lowest BCUT2D eigenvalue weighted by Crippen LogP contribution is -2.50. The first-order valence-electron chi connectivity index (χ1n) is 5.09. The van der Waals surface area contributed by atoms with Crippen molar-refractivity contribution < 1.29 is 27.4 Å². The lowest BCUT2D eigenvalue weighted by molar-refractivity contribution is -0.105. The molecule has 1 atom stereocenters. The summed E-state index contributed by atoms with van der Waals surface area (Å²) in [5.41, 5.74) is -0.387. The molecule has 1 fully saturated rings. The maximum absolute atomic E-state index is 13.7. The molecule has 2 rings (SSSR count). The fourth-order valence-electron chi connectivity index (χ4n) is 1.77. The first-order valence-corrected chi connectivity index (χ1v) is 5.09. The number of alkyl carbamates (subject to hydrolysis) is 1. The van der Waals surface area contributed by atoms with Gasteiger partial charge in [-0.15, -0.1) is 0 Å². The summed E-state index contributed by atoms with van der Waals surface area (Å²) in [5, 5.41) is 1.91. The molecule has 0 bridgehead atoms. The quantitative estimate of drug-likeness (QED) is 0.888. The highest BCUT2D eigenvalue weighted by Crippen LogP contribution is 2.39. The van der Waals surface area contributed by atoms with Gasteiger partial charge in [0.05, 0.1) is 12.7 Å². The minimum atomic E-state index is -3.41. The van der Waals surface area contributed by atoms with Gasteiger partial charge in [-0.2, -0.15) is 0 Å². The number of halogens is 3. The van der Waals surface area contributed by atoms with Gasteiger partial charge in [-0.25, -0.2) is 18.0 Å². The Morgan fingerprint density at radius 2 is 2.22 bits per heavy atom. The molecule has 98 valence electrons. The van der Waals surface area contributed by atoms with E-state index in [0.29, 0.717) is 0 Å². The van der Waals surface area contributed by atoms with Crippen LogP contribution in [0.15, 0.2) is 18.2 Å². The van der Waals surface area contributed by atoms with Crippen LogP contribution in [-0.2, 0) is 4.74 Å². The second-order valence-electron chi connectivity index (χ2n) is 3.77. The number of benzene rings is 1. The summed E-state index contributed by atoms with van der Waals surface area (Å²) in [6, 6.07) is 1.89. The number of ether oxygens (including phenoxy) is 2. The molecule has 18 heavy (non-hydrogen) atoms. The van der Waals surface area contributed by atoms with Crippen molar-refractivity contribution in [3.8, 4) is 5.75 Å². The number of hydrogen-bond acceptors (Lipinski definition) is 3. The molecule has 1 N–H and O–H groups in total. The topological polar surface area (TPSA) is 47.6 Å². The Morgan fingerprint density at radius 1 is 1.50 bits per heavy atom. The molecule has 1 aromatic carbocycles. The molecule has 0 unspecified atom stereocenters. The number of carbonyl (C=O) groups excluding carboxylic acids is 1. The number of amides is 1. The van der Waals surface area contributed by atoms with Gasteiger partial charge in [-0.1, -0.05) is 6.07 Å². The van der Waals surface area contributed by atoms with Crippen LogP contribution in [0, 0.1) is 5.82 Å². The second-order valence-corrected chi connectivity index (χ2v) is 3.77. The lowest BCUT2D eigenvalue weighted by atomic mass is 9.98. The highest BCUT2D eigenvalue weighted by molar-refractivity contribution is 5.69. The summed E-state index contributed by atoms with van der Waals surface area (Å²) in [4.78, 5) is 11.0. The highest BCUT2D eigenvalue weighted by atomic mass is 19.3. The van der Waals surface area contributed by atoms with Crippen LogP contribution < -0.4 is 10.1 Å². The lowest BCUT2D eigenvalue weighted by Gasteiger charge is -2.32. The Labute approximate surface area is 101 Å². The largest absolute Gasteiger partial charge is 0.496 e. The maximum Gasteiger partial charge on any atom is 0.408 e. The molecular formula is C11H10F3NO3. The molecule has 0 saturated carbocycles. The Morgan fingerprint density at radius 3 is 2.89 bits per heavy atom. The molecule has 0 aliphatic carbocycles. The van der Waals surface area contributed by atoms with Crippen LogP contribution >= 0.6 is 0 Å².